The van der Waals surface area contributed by atoms with Gasteiger partial charge in [0.05, 0.1) is 6.42 Å². The fourth-order valence-corrected chi connectivity index (χ4v) is 1.94. The summed E-state index contributed by atoms with van der Waals surface area (Å²) in [6, 6.07) is 0. The maximum atomic E-state index is 11.1. The van der Waals surface area contributed by atoms with Gasteiger partial charge in [-0.05, 0) is 0 Å². The Hall–Kier alpha value is -0.910. The number of carbonyl (C=O) groups is 2. The molecule has 6 heteroatoms. The predicted molar refractivity (Wildman–Crippen MR) is 48.5 cm³/mol. The Morgan fingerprint density at radius 2 is 2.08 bits per heavy atom. The van der Waals surface area contributed by atoms with Crippen molar-refractivity contribution in [3.8, 4) is 0 Å². The van der Waals surface area contributed by atoms with Gasteiger partial charge in [0.25, 0.3) is 0 Å². The Balaban J connectivity index is 3.74. The van der Waals surface area contributed by atoms with Gasteiger partial charge in [-0.15, -0.1) is 0 Å². The summed E-state index contributed by atoms with van der Waals surface area (Å²) < 4.78 is 11.1. The molecule has 0 rings (SSSR count). The minimum Gasteiger partial charge on any atom is -0.481 e. The van der Waals surface area contributed by atoms with Crippen LogP contribution in [0.15, 0.2) is 0 Å². The van der Waals surface area contributed by atoms with Gasteiger partial charge in [0.15, 0.2) is 0 Å². The van der Waals surface area contributed by atoms with E-state index >= 15 is 0 Å². The minimum atomic E-state index is -1.27. The average molecular weight is 207 g/mol. The first-order valence-corrected chi connectivity index (χ1v) is 5.28. The summed E-state index contributed by atoms with van der Waals surface area (Å²) in [6.45, 7) is 1.57. The Morgan fingerprint density at radius 3 is 2.46 bits per heavy atom. The lowest BCUT2D eigenvalue weighted by atomic mass is 10.2. The maximum Gasteiger partial charge on any atom is 0.304 e. The Bertz CT molecular complexity index is 229. The molecule has 0 radical (unpaired) electrons. The average Bonchev–Trinajstić information content (AvgIpc) is 2.00. The van der Waals surface area contributed by atoms with E-state index in [2.05, 4.69) is 0 Å². The second kappa shape index (κ2) is 5.69. The van der Waals surface area contributed by atoms with Crippen molar-refractivity contribution in [1.29, 1.82) is 0 Å². The third-order valence-corrected chi connectivity index (χ3v) is 3.00. The molecule has 0 aliphatic rings. The summed E-state index contributed by atoms with van der Waals surface area (Å²) >= 11 is 0. The first kappa shape index (κ1) is 12.1. The smallest absolute Gasteiger partial charge is 0.304 e. The molecule has 1 amide bonds. The van der Waals surface area contributed by atoms with Crippen molar-refractivity contribution < 1.29 is 18.9 Å². The molecule has 0 spiro atoms. The van der Waals surface area contributed by atoms with Crippen LogP contribution in [0.5, 0.6) is 0 Å². The molecule has 0 saturated heterocycles. The number of carboxylic acid groups (broad SMARTS) is 1. The number of nitrogens with two attached hydrogens (primary N) is 1. The molecule has 3 N–H and O–H groups in total. The normalized spacial score (nSPS) is 14.8. The van der Waals surface area contributed by atoms with Crippen molar-refractivity contribution in [1.82, 2.24) is 0 Å². The van der Waals surface area contributed by atoms with Crippen LogP contribution in [0.4, 0.5) is 0 Å². The highest BCUT2D eigenvalue weighted by Gasteiger charge is 2.13. The van der Waals surface area contributed by atoms with Gasteiger partial charge in [0.1, 0.15) is 0 Å². The molecular weight excluding hydrogens is 194 g/mol. The molecule has 0 aromatic heterocycles. The SMILES string of the molecule is CC(CS(=O)CCC(=O)O)C(N)=O. The summed E-state index contributed by atoms with van der Waals surface area (Å²) in [5.74, 6) is -1.74. The van der Waals surface area contributed by atoms with Crippen LogP contribution in [0.25, 0.3) is 0 Å². The zero-order valence-electron chi connectivity index (χ0n) is 7.36. The number of hydrogen-bond acceptors (Lipinski definition) is 3. The number of rotatable bonds is 6. The highest BCUT2D eigenvalue weighted by atomic mass is 32.2. The van der Waals surface area contributed by atoms with Gasteiger partial charge in [-0.2, -0.15) is 0 Å². The Labute approximate surface area is 78.8 Å². The number of carbonyl (C=O) groups excluding carboxylic acids is 1. The van der Waals surface area contributed by atoms with E-state index in [-0.39, 0.29) is 17.9 Å². The molecule has 0 bridgehead atoms. The van der Waals surface area contributed by atoms with E-state index < -0.39 is 28.6 Å². The molecule has 0 heterocycles. The van der Waals surface area contributed by atoms with Crippen LogP contribution >= 0.6 is 0 Å². The first-order valence-electron chi connectivity index (χ1n) is 3.79. The number of aliphatic carboxylic acids is 1. The fourth-order valence-electron chi connectivity index (χ4n) is 0.645. The van der Waals surface area contributed by atoms with Gasteiger partial charge in [-0.3, -0.25) is 13.8 Å². The summed E-state index contributed by atoms with van der Waals surface area (Å²) in [5.41, 5.74) is 4.95. The lowest BCUT2D eigenvalue weighted by molar-refractivity contribution is -0.136. The minimum absolute atomic E-state index is 0.0763. The molecule has 2 atom stereocenters. The third-order valence-electron chi connectivity index (χ3n) is 1.47. The summed E-state index contributed by atoms with van der Waals surface area (Å²) in [5, 5.41) is 8.28. The predicted octanol–water partition coefficient (Wildman–Crippen LogP) is -0.669. The quantitative estimate of drug-likeness (QED) is 0.603. The Kier molecular flexibility index (Phi) is 5.29. The van der Waals surface area contributed by atoms with E-state index in [1.54, 1.807) is 6.92 Å². The van der Waals surface area contributed by atoms with Crippen molar-refractivity contribution in [3.63, 3.8) is 0 Å². The van der Waals surface area contributed by atoms with E-state index in [0.29, 0.717) is 0 Å². The molecule has 0 aliphatic carbocycles. The molecule has 76 valence electrons. The maximum absolute atomic E-state index is 11.1. The van der Waals surface area contributed by atoms with E-state index in [0.717, 1.165) is 0 Å². The number of amides is 1. The highest BCUT2D eigenvalue weighted by molar-refractivity contribution is 7.85. The van der Waals surface area contributed by atoms with Crippen molar-refractivity contribution >= 4 is 22.7 Å². The van der Waals surface area contributed by atoms with Crippen LogP contribution < -0.4 is 5.73 Å². The molecule has 2 unspecified atom stereocenters. The number of hydrogen-bond donors (Lipinski definition) is 2. The van der Waals surface area contributed by atoms with Crippen LogP contribution in [0.1, 0.15) is 13.3 Å². The molecule has 0 aromatic rings. The second-order valence-electron chi connectivity index (χ2n) is 2.76. The molecule has 0 saturated carbocycles. The lowest BCUT2D eigenvalue weighted by Crippen LogP contribution is -2.26. The topological polar surface area (TPSA) is 97.5 Å². The molecule has 0 fully saturated rings. The van der Waals surface area contributed by atoms with E-state index in [1.165, 1.54) is 0 Å². The number of carboxylic acids is 1. The van der Waals surface area contributed by atoms with Gasteiger partial charge in [-0.25, -0.2) is 0 Å². The molecule has 0 aromatic carbocycles. The molecular formula is C7H13NO4S. The van der Waals surface area contributed by atoms with Gasteiger partial charge < -0.3 is 10.8 Å². The van der Waals surface area contributed by atoms with Crippen molar-refractivity contribution in [2.24, 2.45) is 11.7 Å². The van der Waals surface area contributed by atoms with E-state index in [9.17, 15) is 13.8 Å². The van der Waals surface area contributed by atoms with Gasteiger partial charge in [0.2, 0.25) is 5.91 Å². The van der Waals surface area contributed by atoms with Crippen LogP contribution in [-0.4, -0.2) is 32.7 Å². The summed E-state index contributed by atoms with van der Waals surface area (Å²) in [7, 11) is -1.27. The van der Waals surface area contributed by atoms with E-state index in [4.69, 9.17) is 10.8 Å². The van der Waals surface area contributed by atoms with Gasteiger partial charge in [-0.1, -0.05) is 6.92 Å². The summed E-state index contributed by atoms with van der Waals surface area (Å²) in [6.07, 6.45) is -0.141. The summed E-state index contributed by atoms with van der Waals surface area (Å²) in [4.78, 5) is 20.6. The van der Waals surface area contributed by atoms with Crippen LogP contribution in [0, 0.1) is 5.92 Å². The number of primary amides is 1. The van der Waals surface area contributed by atoms with Crippen molar-refractivity contribution in [2.45, 2.75) is 13.3 Å². The van der Waals surface area contributed by atoms with Crippen LogP contribution in [0.3, 0.4) is 0 Å². The monoisotopic (exact) mass is 207 g/mol. The van der Waals surface area contributed by atoms with Crippen LogP contribution in [-0.2, 0) is 20.4 Å². The molecule has 0 aliphatic heterocycles. The molecule has 13 heavy (non-hydrogen) atoms. The van der Waals surface area contributed by atoms with E-state index in [1.807, 2.05) is 0 Å². The standard InChI is InChI=1S/C7H13NO4S/c1-5(7(8)11)4-13(12)3-2-6(9)10/h5H,2-4H2,1H3,(H2,8,11)(H,9,10). The fraction of sp³-hybridized carbons (Fsp3) is 0.714. The van der Waals surface area contributed by atoms with Crippen molar-refractivity contribution in [2.75, 3.05) is 11.5 Å². The van der Waals surface area contributed by atoms with Gasteiger partial charge >= 0.3 is 5.97 Å². The van der Waals surface area contributed by atoms with Gasteiger partial charge in [0, 0.05) is 28.2 Å². The van der Waals surface area contributed by atoms with Crippen LogP contribution in [0.2, 0.25) is 0 Å². The zero-order valence-corrected chi connectivity index (χ0v) is 8.17. The second-order valence-corrected chi connectivity index (χ2v) is 4.38. The third kappa shape index (κ3) is 6.27. The van der Waals surface area contributed by atoms with Crippen molar-refractivity contribution in [3.05, 3.63) is 0 Å². The zero-order chi connectivity index (χ0) is 10.4. The first-order chi connectivity index (χ1) is 5.93. The largest absolute Gasteiger partial charge is 0.481 e. The highest BCUT2D eigenvalue weighted by Crippen LogP contribution is 1.98. The molecule has 5 nitrogen and oxygen atoms in total. The Morgan fingerprint density at radius 1 is 1.54 bits per heavy atom. The lowest BCUT2D eigenvalue weighted by Gasteiger charge is -2.05.